The Morgan fingerprint density at radius 3 is 2.65 bits per heavy atom. The highest BCUT2D eigenvalue weighted by atomic mass is 15.3. The quantitative estimate of drug-likeness (QED) is 0.415. The number of rotatable bonds is 8. The van der Waals surface area contributed by atoms with Gasteiger partial charge in [0.2, 0.25) is 0 Å². The molecule has 1 rings (SSSR count). The maximum Gasteiger partial charge on any atom is 0.0629 e. The summed E-state index contributed by atoms with van der Waals surface area (Å²) in [5.74, 6) is 5.65. The van der Waals surface area contributed by atoms with E-state index >= 15 is 0 Å². The number of aryl methyl sites for hydroxylation is 2. The zero-order valence-corrected chi connectivity index (χ0v) is 11.4. The summed E-state index contributed by atoms with van der Waals surface area (Å²) in [4.78, 5) is 0. The lowest BCUT2D eigenvalue weighted by Gasteiger charge is -2.15. The molecule has 1 aromatic rings. The lowest BCUT2D eigenvalue weighted by Crippen LogP contribution is -2.29. The second-order valence-corrected chi connectivity index (χ2v) is 4.61. The molecular weight excluding hydrogens is 212 g/mol. The highest BCUT2D eigenvalue weighted by Crippen LogP contribution is 2.20. The predicted octanol–water partition coefficient (Wildman–Crippen LogP) is 2.46. The standard InChI is InChI=1S/C13H26N4/c1-4-6-7-8-9-12(15-14)13-10-11(5-2)16-17(13)3/h10,12,15H,4-9,14H2,1-3H3. The van der Waals surface area contributed by atoms with Crippen LogP contribution in [0.1, 0.15) is 63.4 Å². The van der Waals surface area contributed by atoms with Crippen LogP contribution in [0, 0.1) is 0 Å². The molecule has 0 aliphatic rings. The average molecular weight is 238 g/mol. The van der Waals surface area contributed by atoms with Gasteiger partial charge in [0.05, 0.1) is 17.4 Å². The molecule has 0 saturated heterocycles. The SMILES string of the molecule is CCCCCCC(NN)c1cc(CC)nn1C. The maximum absolute atomic E-state index is 5.65. The number of nitrogens with zero attached hydrogens (tertiary/aromatic N) is 2. The topological polar surface area (TPSA) is 55.9 Å². The van der Waals surface area contributed by atoms with Crippen LogP contribution in [0.3, 0.4) is 0 Å². The highest BCUT2D eigenvalue weighted by molar-refractivity contribution is 5.14. The first kappa shape index (κ1) is 14.2. The first-order chi connectivity index (χ1) is 8.22. The monoisotopic (exact) mass is 238 g/mol. The Balaban J connectivity index is 2.56. The molecule has 4 heteroatoms. The van der Waals surface area contributed by atoms with Gasteiger partial charge in [-0.05, 0) is 18.9 Å². The molecule has 0 aromatic carbocycles. The summed E-state index contributed by atoms with van der Waals surface area (Å²) in [5.41, 5.74) is 5.24. The first-order valence-corrected chi connectivity index (χ1v) is 6.71. The van der Waals surface area contributed by atoms with Crippen molar-refractivity contribution < 1.29 is 0 Å². The molecule has 1 heterocycles. The van der Waals surface area contributed by atoms with E-state index in [1.165, 1.54) is 31.4 Å². The third-order valence-electron chi connectivity index (χ3n) is 3.23. The third-order valence-corrected chi connectivity index (χ3v) is 3.23. The van der Waals surface area contributed by atoms with Crippen molar-refractivity contribution in [3.8, 4) is 0 Å². The van der Waals surface area contributed by atoms with Gasteiger partial charge in [-0.25, -0.2) is 0 Å². The molecule has 4 nitrogen and oxygen atoms in total. The molecule has 1 aromatic heterocycles. The van der Waals surface area contributed by atoms with Crippen LogP contribution < -0.4 is 11.3 Å². The van der Waals surface area contributed by atoms with Crippen molar-refractivity contribution in [3.05, 3.63) is 17.5 Å². The summed E-state index contributed by atoms with van der Waals surface area (Å²) >= 11 is 0. The van der Waals surface area contributed by atoms with Crippen molar-refractivity contribution >= 4 is 0 Å². The average Bonchev–Trinajstić information content (AvgIpc) is 2.71. The molecule has 0 bridgehead atoms. The molecule has 0 saturated carbocycles. The summed E-state index contributed by atoms with van der Waals surface area (Å²) in [6.07, 6.45) is 7.14. The van der Waals surface area contributed by atoms with Crippen molar-refractivity contribution in [1.29, 1.82) is 0 Å². The van der Waals surface area contributed by atoms with Crippen molar-refractivity contribution in [3.63, 3.8) is 0 Å². The Bertz CT molecular complexity index is 319. The highest BCUT2D eigenvalue weighted by Gasteiger charge is 2.14. The molecular formula is C13H26N4. The van der Waals surface area contributed by atoms with Gasteiger partial charge in [-0.2, -0.15) is 5.10 Å². The largest absolute Gasteiger partial charge is 0.271 e. The van der Waals surface area contributed by atoms with Crippen molar-refractivity contribution in [1.82, 2.24) is 15.2 Å². The van der Waals surface area contributed by atoms with E-state index in [1.807, 2.05) is 11.7 Å². The fourth-order valence-electron chi connectivity index (χ4n) is 2.13. The number of nitrogens with one attached hydrogen (secondary N) is 1. The van der Waals surface area contributed by atoms with Crippen molar-refractivity contribution in [2.45, 2.75) is 58.4 Å². The molecule has 0 aliphatic carbocycles. The Labute approximate surface area is 105 Å². The van der Waals surface area contributed by atoms with Gasteiger partial charge in [-0.15, -0.1) is 0 Å². The van der Waals surface area contributed by atoms with Gasteiger partial charge in [0, 0.05) is 7.05 Å². The van der Waals surface area contributed by atoms with Gasteiger partial charge >= 0.3 is 0 Å². The number of hydrogen-bond donors (Lipinski definition) is 2. The molecule has 0 radical (unpaired) electrons. The number of aromatic nitrogens is 2. The number of hydrazine groups is 1. The molecule has 1 atom stereocenters. The van der Waals surface area contributed by atoms with Gasteiger partial charge < -0.3 is 0 Å². The summed E-state index contributed by atoms with van der Waals surface area (Å²) in [5, 5.41) is 4.46. The third kappa shape index (κ3) is 4.13. The van der Waals surface area contributed by atoms with Gasteiger partial charge in [-0.1, -0.05) is 39.5 Å². The Hall–Kier alpha value is -0.870. The van der Waals surface area contributed by atoms with Gasteiger partial charge in [0.15, 0.2) is 0 Å². The summed E-state index contributed by atoms with van der Waals surface area (Å²) in [6.45, 7) is 4.35. The smallest absolute Gasteiger partial charge is 0.0629 e. The van der Waals surface area contributed by atoms with Gasteiger partial charge in [0.25, 0.3) is 0 Å². The van der Waals surface area contributed by atoms with Crippen LogP contribution in [0.2, 0.25) is 0 Å². The molecule has 17 heavy (non-hydrogen) atoms. The van der Waals surface area contributed by atoms with Crippen LogP contribution in [0.15, 0.2) is 6.07 Å². The second kappa shape index (κ2) is 7.45. The molecule has 98 valence electrons. The van der Waals surface area contributed by atoms with Crippen LogP contribution in [0.4, 0.5) is 0 Å². The zero-order valence-electron chi connectivity index (χ0n) is 11.4. The second-order valence-electron chi connectivity index (χ2n) is 4.61. The normalized spacial score (nSPS) is 12.9. The van der Waals surface area contributed by atoms with E-state index in [-0.39, 0.29) is 6.04 Å². The van der Waals surface area contributed by atoms with Crippen molar-refractivity contribution in [2.75, 3.05) is 0 Å². The molecule has 3 N–H and O–H groups in total. The van der Waals surface area contributed by atoms with E-state index in [0.29, 0.717) is 0 Å². The van der Waals surface area contributed by atoms with Crippen LogP contribution in [0.5, 0.6) is 0 Å². The van der Waals surface area contributed by atoms with Crippen LogP contribution in [-0.2, 0) is 13.5 Å². The van der Waals surface area contributed by atoms with E-state index in [2.05, 4.69) is 30.4 Å². The van der Waals surface area contributed by atoms with E-state index < -0.39 is 0 Å². The van der Waals surface area contributed by atoms with Crippen molar-refractivity contribution in [2.24, 2.45) is 12.9 Å². The fourth-order valence-corrected chi connectivity index (χ4v) is 2.13. The van der Waals surface area contributed by atoms with E-state index in [4.69, 9.17) is 5.84 Å². The summed E-state index contributed by atoms with van der Waals surface area (Å²) in [7, 11) is 1.99. The van der Waals surface area contributed by atoms with E-state index in [0.717, 1.165) is 18.5 Å². The van der Waals surface area contributed by atoms with E-state index in [9.17, 15) is 0 Å². The lowest BCUT2D eigenvalue weighted by molar-refractivity contribution is 0.455. The minimum absolute atomic E-state index is 0.227. The number of hydrogen-bond acceptors (Lipinski definition) is 3. The van der Waals surface area contributed by atoms with E-state index in [1.54, 1.807) is 0 Å². The lowest BCUT2D eigenvalue weighted by atomic mass is 10.0. The Morgan fingerprint density at radius 1 is 1.35 bits per heavy atom. The number of unbranched alkanes of at least 4 members (excludes halogenated alkanes) is 3. The van der Waals surface area contributed by atoms with Crippen LogP contribution >= 0.6 is 0 Å². The fraction of sp³-hybridized carbons (Fsp3) is 0.769. The molecule has 0 aliphatic heterocycles. The summed E-state index contributed by atoms with van der Waals surface area (Å²) in [6, 6.07) is 2.38. The molecule has 0 amide bonds. The van der Waals surface area contributed by atoms with Crippen LogP contribution in [0.25, 0.3) is 0 Å². The van der Waals surface area contributed by atoms with Gasteiger partial charge in [-0.3, -0.25) is 16.0 Å². The van der Waals surface area contributed by atoms with Gasteiger partial charge in [0.1, 0.15) is 0 Å². The Morgan fingerprint density at radius 2 is 2.12 bits per heavy atom. The minimum Gasteiger partial charge on any atom is -0.271 e. The molecule has 0 fully saturated rings. The predicted molar refractivity (Wildman–Crippen MR) is 71.4 cm³/mol. The Kier molecular flexibility index (Phi) is 6.22. The first-order valence-electron chi connectivity index (χ1n) is 6.71. The zero-order chi connectivity index (χ0) is 12.7. The molecule has 1 unspecified atom stereocenters. The molecule has 0 spiro atoms. The number of nitrogens with two attached hydrogens (primary N) is 1. The van der Waals surface area contributed by atoms with Crippen LogP contribution in [-0.4, -0.2) is 9.78 Å². The maximum atomic E-state index is 5.65. The summed E-state index contributed by atoms with van der Waals surface area (Å²) < 4.78 is 1.95. The minimum atomic E-state index is 0.227.